The molecule has 8 nitrogen and oxygen atoms in total. The quantitative estimate of drug-likeness (QED) is 0.191. The van der Waals surface area contributed by atoms with Gasteiger partial charge in [0.2, 0.25) is 0 Å². The molecular weight excluding hydrogens is 561 g/mol. The summed E-state index contributed by atoms with van der Waals surface area (Å²) in [5.41, 5.74) is 4.39. The molecule has 226 valence electrons. The van der Waals surface area contributed by atoms with Crippen molar-refractivity contribution >= 4 is 17.6 Å². The fraction of sp³-hybridized carbons (Fsp3) is 0.257. The molecule has 2 aliphatic rings. The molecule has 44 heavy (non-hydrogen) atoms. The lowest BCUT2D eigenvalue weighted by Crippen LogP contribution is -2.20. The number of rotatable bonds is 9. The predicted molar refractivity (Wildman–Crippen MR) is 167 cm³/mol. The number of aryl methyl sites for hydroxylation is 1. The van der Waals surface area contributed by atoms with Gasteiger partial charge in [-0.25, -0.2) is 9.18 Å². The predicted octanol–water partition coefficient (Wildman–Crippen LogP) is 5.90. The average molecular weight is 596 g/mol. The summed E-state index contributed by atoms with van der Waals surface area (Å²) in [4.78, 5) is 25.3. The van der Waals surface area contributed by atoms with Gasteiger partial charge in [-0.3, -0.25) is 4.79 Å². The van der Waals surface area contributed by atoms with E-state index in [4.69, 9.17) is 9.47 Å². The maximum Gasteiger partial charge on any atom is 0.335 e. The van der Waals surface area contributed by atoms with Gasteiger partial charge < -0.3 is 30.5 Å². The van der Waals surface area contributed by atoms with Crippen LogP contribution in [0.3, 0.4) is 0 Å². The van der Waals surface area contributed by atoms with Crippen LogP contribution >= 0.6 is 0 Å². The number of nitrogens with one attached hydrogen (secondary N) is 3. The van der Waals surface area contributed by atoms with Crippen molar-refractivity contribution in [3.63, 3.8) is 0 Å². The van der Waals surface area contributed by atoms with E-state index in [1.807, 2.05) is 6.07 Å². The van der Waals surface area contributed by atoms with E-state index in [9.17, 15) is 19.1 Å². The lowest BCUT2D eigenvalue weighted by molar-refractivity contribution is 0.0696. The van der Waals surface area contributed by atoms with Gasteiger partial charge in [-0.1, -0.05) is 18.2 Å². The topological polar surface area (TPSA) is 109 Å². The van der Waals surface area contributed by atoms with E-state index < -0.39 is 5.97 Å². The molecular formula is C35H34FN3O5. The summed E-state index contributed by atoms with van der Waals surface area (Å²) in [6.45, 7) is 4.90. The third kappa shape index (κ3) is 6.59. The van der Waals surface area contributed by atoms with E-state index in [0.717, 1.165) is 44.6 Å². The lowest BCUT2D eigenvalue weighted by Gasteiger charge is -2.19. The number of hydrogen-bond donors (Lipinski definition) is 4. The van der Waals surface area contributed by atoms with Crippen LogP contribution in [0, 0.1) is 12.7 Å². The van der Waals surface area contributed by atoms with Crippen molar-refractivity contribution in [3.8, 4) is 33.8 Å². The Kier molecular flexibility index (Phi) is 8.58. The van der Waals surface area contributed by atoms with Crippen LogP contribution in [-0.4, -0.2) is 55.4 Å². The number of amides is 1. The third-order valence-corrected chi connectivity index (χ3v) is 7.99. The molecule has 0 unspecified atom stereocenters. The SMILES string of the molecule is Cc1cc(-c2cc(C(=O)Nc3ccc(O[C@H]4CCNC4)c(-c4cccc(C(=O)O)c4)c3)ccc2O[C@H]2CCNC2)ccc1F. The normalized spacial score (nSPS) is 17.8. The number of aromatic carboxylic acids is 1. The molecule has 2 fully saturated rings. The van der Waals surface area contributed by atoms with Crippen LogP contribution in [0.4, 0.5) is 10.1 Å². The van der Waals surface area contributed by atoms with Crippen LogP contribution in [0.25, 0.3) is 22.3 Å². The third-order valence-electron chi connectivity index (χ3n) is 7.99. The zero-order valence-electron chi connectivity index (χ0n) is 24.4. The zero-order chi connectivity index (χ0) is 30.6. The molecule has 0 aliphatic carbocycles. The minimum absolute atomic E-state index is 0.00812. The highest BCUT2D eigenvalue weighted by Crippen LogP contribution is 2.36. The summed E-state index contributed by atoms with van der Waals surface area (Å²) in [6, 6.07) is 22.1. The highest BCUT2D eigenvalue weighted by atomic mass is 19.1. The van der Waals surface area contributed by atoms with Gasteiger partial charge in [0.25, 0.3) is 5.91 Å². The second-order valence-corrected chi connectivity index (χ2v) is 11.2. The van der Waals surface area contributed by atoms with Gasteiger partial charge in [-0.2, -0.15) is 0 Å². The van der Waals surface area contributed by atoms with Crippen molar-refractivity contribution in [2.45, 2.75) is 32.0 Å². The molecule has 2 saturated heterocycles. The number of carbonyl (C=O) groups is 2. The van der Waals surface area contributed by atoms with Gasteiger partial charge in [0.1, 0.15) is 29.5 Å². The van der Waals surface area contributed by atoms with E-state index >= 15 is 0 Å². The molecule has 2 aliphatic heterocycles. The van der Waals surface area contributed by atoms with Crippen molar-refractivity contribution in [1.29, 1.82) is 0 Å². The molecule has 6 rings (SSSR count). The molecule has 0 aromatic heterocycles. The summed E-state index contributed by atoms with van der Waals surface area (Å²) in [5, 5.41) is 19.1. The van der Waals surface area contributed by atoms with Crippen LogP contribution in [0.5, 0.6) is 11.5 Å². The van der Waals surface area contributed by atoms with Crippen molar-refractivity contribution < 1.29 is 28.6 Å². The summed E-state index contributed by atoms with van der Waals surface area (Å²) in [6.07, 6.45) is 1.73. The maximum atomic E-state index is 14.1. The van der Waals surface area contributed by atoms with Gasteiger partial charge >= 0.3 is 5.97 Å². The number of carboxylic acids is 1. The molecule has 0 bridgehead atoms. The Labute approximate surface area is 255 Å². The highest BCUT2D eigenvalue weighted by molar-refractivity contribution is 6.05. The Hall–Kier alpha value is -4.73. The number of halogens is 1. The first kappa shape index (κ1) is 29.3. The molecule has 1 amide bonds. The second-order valence-electron chi connectivity index (χ2n) is 11.2. The fourth-order valence-electron chi connectivity index (χ4n) is 5.59. The van der Waals surface area contributed by atoms with Crippen molar-refractivity contribution in [2.75, 3.05) is 31.5 Å². The van der Waals surface area contributed by atoms with Gasteiger partial charge in [-0.05, 0) is 110 Å². The summed E-state index contributed by atoms with van der Waals surface area (Å²) in [7, 11) is 0. The molecule has 0 saturated carbocycles. The molecule has 4 aromatic rings. The monoisotopic (exact) mass is 595 g/mol. The van der Waals surface area contributed by atoms with Crippen molar-refractivity contribution in [1.82, 2.24) is 10.6 Å². The summed E-state index contributed by atoms with van der Waals surface area (Å²) >= 11 is 0. The first-order chi connectivity index (χ1) is 21.3. The van der Waals surface area contributed by atoms with E-state index in [2.05, 4.69) is 16.0 Å². The van der Waals surface area contributed by atoms with E-state index in [0.29, 0.717) is 45.0 Å². The first-order valence-corrected chi connectivity index (χ1v) is 14.8. The smallest absolute Gasteiger partial charge is 0.335 e. The fourth-order valence-corrected chi connectivity index (χ4v) is 5.59. The summed E-state index contributed by atoms with van der Waals surface area (Å²) in [5.74, 6) is -0.423. The first-order valence-electron chi connectivity index (χ1n) is 14.8. The van der Waals surface area contributed by atoms with Crippen LogP contribution in [0.2, 0.25) is 0 Å². The van der Waals surface area contributed by atoms with Crippen molar-refractivity contribution in [3.05, 3.63) is 101 Å². The number of carbonyl (C=O) groups excluding carboxylic acids is 1. The number of carboxylic acid groups (broad SMARTS) is 1. The highest BCUT2D eigenvalue weighted by Gasteiger charge is 2.22. The molecule has 4 aromatic carbocycles. The van der Waals surface area contributed by atoms with Gasteiger partial charge in [0.05, 0.1) is 5.56 Å². The lowest BCUT2D eigenvalue weighted by atomic mass is 9.99. The second kappa shape index (κ2) is 12.9. The van der Waals surface area contributed by atoms with Crippen molar-refractivity contribution in [2.24, 2.45) is 0 Å². The molecule has 9 heteroatoms. The molecule has 2 heterocycles. The molecule has 2 atom stereocenters. The minimum Gasteiger partial charge on any atom is -0.488 e. The Morgan fingerprint density at radius 3 is 2.09 bits per heavy atom. The number of hydrogen-bond acceptors (Lipinski definition) is 6. The van der Waals surface area contributed by atoms with Crippen LogP contribution in [0.15, 0.2) is 78.9 Å². The van der Waals surface area contributed by atoms with Crippen LogP contribution in [0.1, 0.15) is 39.1 Å². The van der Waals surface area contributed by atoms with E-state index in [-0.39, 0.29) is 29.5 Å². The number of anilines is 1. The molecule has 0 spiro atoms. The Balaban J connectivity index is 1.32. The van der Waals surface area contributed by atoms with Gasteiger partial charge in [-0.15, -0.1) is 0 Å². The Morgan fingerprint density at radius 2 is 1.45 bits per heavy atom. The van der Waals surface area contributed by atoms with Crippen LogP contribution in [-0.2, 0) is 0 Å². The number of ether oxygens (including phenoxy) is 2. The Morgan fingerprint density at radius 1 is 0.795 bits per heavy atom. The van der Waals surface area contributed by atoms with Crippen LogP contribution < -0.4 is 25.4 Å². The summed E-state index contributed by atoms with van der Waals surface area (Å²) < 4.78 is 26.7. The van der Waals surface area contributed by atoms with Gasteiger partial charge in [0, 0.05) is 35.5 Å². The van der Waals surface area contributed by atoms with E-state index in [1.54, 1.807) is 67.6 Å². The largest absolute Gasteiger partial charge is 0.488 e. The molecule has 0 radical (unpaired) electrons. The minimum atomic E-state index is -1.03. The van der Waals surface area contributed by atoms with Gasteiger partial charge in [0.15, 0.2) is 0 Å². The standard InChI is InChI=1S/C35H34FN3O5/c1-21-15-23(5-8-31(21)36)29-17-24(6-9-32(29)43-27-11-13-37-19-27)34(40)39-26-7-10-33(44-28-12-14-38-20-28)30(18-26)22-3-2-4-25(16-22)35(41)42/h2-10,15-18,27-28,37-38H,11-14,19-20H2,1H3,(H,39,40)(H,41,42)/t27-,28-/m0/s1. The Bertz CT molecular complexity index is 1700. The average Bonchev–Trinajstić information content (AvgIpc) is 3.74. The maximum absolute atomic E-state index is 14.1. The van der Waals surface area contributed by atoms with E-state index in [1.165, 1.54) is 12.1 Å². The molecule has 4 N–H and O–H groups in total. The number of benzene rings is 4. The zero-order valence-corrected chi connectivity index (χ0v) is 24.4.